The molecule has 0 atom stereocenters. The Balaban J connectivity index is 1.93. The number of esters is 1. The van der Waals surface area contributed by atoms with E-state index in [-0.39, 0.29) is 5.97 Å². The second kappa shape index (κ2) is 6.16. The van der Waals surface area contributed by atoms with Gasteiger partial charge in [0.2, 0.25) is 0 Å². The summed E-state index contributed by atoms with van der Waals surface area (Å²) in [5.74, 6) is 0.409. The molecule has 2 aromatic rings. The zero-order valence-corrected chi connectivity index (χ0v) is 10.9. The Labute approximate surface area is 110 Å². The fourth-order valence-corrected chi connectivity index (χ4v) is 2.07. The van der Waals surface area contributed by atoms with E-state index in [0.29, 0.717) is 12.2 Å². The zero-order chi connectivity index (χ0) is 12.8. The van der Waals surface area contributed by atoms with Crippen LogP contribution in [-0.4, -0.2) is 17.6 Å². The van der Waals surface area contributed by atoms with Crippen molar-refractivity contribution in [2.75, 3.05) is 11.9 Å². The van der Waals surface area contributed by atoms with Crippen LogP contribution in [0.3, 0.4) is 0 Å². The first-order valence-corrected chi connectivity index (χ1v) is 6.57. The fraction of sp³-hybridized carbons (Fsp3) is 0.231. The topological polar surface area (TPSA) is 51.2 Å². The number of thiophene rings is 1. The third kappa shape index (κ3) is 3.30. The first-order valence-electron chi connectivity index (χ1n) is 5.69. The van der Waals surface area contributed by atoms with Crippen LogP contribution in [0.25, 0.3) is 0 Å². The molecule has 1 N–H and O–H groups in total. The van der Waals surface area contributed by atoms with Crippen molar-refractivity contribution >= 4 is 23.1 Å². The number of nitrogens with one attached hydrogen (secondary N) is 1. The van der Waals surface area contributed by atoms with Crippen molar-refractivity contribution in [3.05, 3.63) is 46.3 Å². The van der Waals surface area contributed by atoms with Crippen LogP contribution < -0.4 is 5.32 Å². The van der Waals surface area contributed by atoms with Gasteiger partial charge >= 0.3 is 5.97 Å². The van der Waals surface area contributed by atoms with Crippen molar-refractivity contribution in [1.82, 2.24) is 4.98 Å². The lowest BCUT2D eigenvalue weighted by molar-refractivity contribution is 0.0526. The largest absolute Gasteiger partial charge is 0.462 e. The molecule has 0 saturated carbocycles. The van der Waals surface area contributed by atoms with Gasteiger partial charge in [0.15, 0.2) is 0 Å². The summed E-state index contributed by atoms with van der Waals surface area (Å²) in [5.41, 5.74) is 0.471. The normalized spacial score (nSPS) is 10.1. The van der Waals surface area contributed by atoms with Gasteiger partial charge in [-0.25, -0.2) is 9.78 Å². The Hall–Kier alpha value is -1.88. The molecule has 5 heteroatoms. The number of ether oxygens (including phenoxy) is 1. The number of aromatic nitrogens is 1. The molecule has 0 bridgehead atoms. The fourth-order valence-electron chi connectivity index (χ4n) is 1.42. The minimum atomic E-state index is -0.338. The molecule has 18 heavy (non-hydrogen) atoms. The van der Waals surface area contributed by atoms with Gasteiger partial charge in [-0.15, -0.1) is 11.3 Å². The Morgan fingerprint density at radius 2 is 2.33 bits per heavy atom. The van der Waals surface area contributed by atoms with E-state index in [1.54, 1.807) is 30.4 Å². The summed E-state index contributed by atoms with van der Waals surface area (Å²) >= 11 is 1.69. The van der Waals surface area contributed by atoms with Gasteiger partial charge in [-0.1, -0.05) is 6.07 Å². The summed E-state index contributed by atoms with van der Waals surface area (Å²) in [6, 6.07) is 7.56. The Bertz CT molecular complexity index is 494. The number of hydrogen-bond acceptors (Lipinski definition) is 5. The highest BCUT2D eigenvalue weighted by molar-refractivity contribution is 7.09. The summed E-state index contributed by atoms with van der Waals surface area (Å²) in [4.78, 5) is 16.8. The van der Waals surface area contributed by atoms with Crippen LogP contribution >= 0.6 is 11.3 Å². The van der Waals surface area contributed by atoms with Crippen molar-refractivity contribution in [3.63, 3.8) is 0 Å². The highest BCUT2D eigenvalue weighted by Gasteiger charge is 2.06. The molecule has 0 amide bonds. The van der Waals surface area contributed by atoms with Crippen LogP contribution in [0.4, 0.5) is 5.82 Å². The van der Waals surface area contributed by atoms with Gasteiger partial charge in [0.05, 0.1) is 18.7 Å². The van der Waals surface area contributed by atoms with Crippen LogP contribution in [-0.2, 0) is 11.3 Å². The summed E-state index contributed by atoms with van der Waals surface area (Å²) in [5, 5.41) is 5.23. The maximum absolute atomic E-state index is 11.4. The Morgan fingerprint density at radius 3 is 2.94 bits per heavy atom. The molecule has 94 valence electrons. The Morgan fingerprint density at radius 1 is 1.44 bits per heavy atom. The standard InChI is InChI=1S/C13H14N2O2S/c1-2-17-13(16)10-5-6-12(14-8-10)15-9-11-4-3-7-18-11/h3-8H,2,9H2,1H3,(H,14,15). The maximum atomic E-state index is 11.4. The molecule has 0 aliphatic heterocycles. The number of pyridine rings is 1. The summed E-state index contributed by atoms with van der Waals surface area (Å²) in [7, 11) is 0. The van der Waals surface area contributed by atoms with Crippen molar-refractivity contribution in [3.8, 4) is 0 Å². The van der Waals surface area contributed by atoms with E-state index in [4.69, 9.17) is 4.74 Å². The van der Waals surface area contributed by atoms with Gasteiger partial charge in [-0.2, -0.15) is 0 Å². The van der Waals surface area contributed by atoms with Crippen LogP contribution in [0.15, 0.2) is 35.8 Å². The highest BCUT2D eigenvalue weighted by Crippen LogP contribution is 2.12. The second-order valence-electron chi connectivity index (χ2n) is 3.59. The van der Waals surface area contributed by atoms with Gasteiger partial charge in [-0.3, -0.25) is 0 Å². The van der Waals surface area contributed by atoms with E-state index in [2.05, 4.69) is 16.4 Å². The lowest BCUT2D eigenvalue weighted by atomic mass is 10.3. The molecule has 0 spiro atoms. The van der Waals surface area contributed by atoms with Gasteiger partial charge in [0.1, 0.15) is 5.82 Å². The number of carbonyl (C=O) groups excluding carboxylic acids is 1. The van der Waals surface area contributed by atoms with Crippen molar-refractivity contribution in [2.24, 2.45) is 0 Å². The first kappa shape index (κ1) is 12.6. The van der Waals surface area contributed by atoms with Gasteiger partial charge in [-0.05, 0) is 30.5 Å². The van der Waals surface area contributed by atoms with Crippen LogP contribution in [0, 0.1) is 0 Å². The molecule has 0 aromatic carbocycles. The van der Waals surface area contributed by atoms with E-state index < -0.39 is 0 Å². The van der Waals surface area contributed by atoms with E-state index in [9.17, 15) is 4.79 Å². The smallest absolute Gasteiger partial charge is 0.339 e. The lowest BCUT2D eigenvalue weighted by Gasteiger charge is -2.05. The van der Waals surface area contributed by atoms with E-state index in [1.165, 1.54) is 11.1 Å². The molecular weight excluding hydrogens is 248 g/mol. The Kier molecular flexibility index (Phi) is 4.30. The minimum absolute atomic E-state index is 0.338. The number of anilines is 1. The summed E-state index contributed by atoms with van der Waals surface area (Å²) in [6.07, 6.45) is 1.52. The third-order valence-corrected chi connectivity index (χ3v) is 3.17. The van der Waals surface area contributed by atoms with Crippen molar-refractivity contribution in [1.29, 1.82) is 0 Å². The summed E-state index contributed by atoms with van der Waals surface area (Å²) < 4.78 is 4.89. The van der Waals surface area contributed by atoms with Crippen molar-refractivity contribution < 1.29 is 9.53 Å². The van der Waals surface area contributed by atoms with Crippen LogP contribution in [0.2, 0.25) is 0 Å². The van der Waals surface area contributed by atoms with E-state index >= 15 is 0 Å². The lowest BCUT2D eigenvalue weighted by Crippen LogP contribution is -2.06. The molecule has 0 radical (unpaired) electrons. The SMILES string of the molecule is CCOC(=O)c1ccc(NCc2cccs2)nc1. The quantitative estimate of drug-likeness (QED) is 0.842. The van der Waals surface area contributed by atoms with E-state index in [0.717, 1.165) is 12.4 Å². The average Bonchev–Trinajstić information content (AvgIpc) is 2.90. The third-order valence-electron chi connectivity index (χ3n) is 2.30. The molecule has 0 aliphatic carbocycles. The maximum Gasteiger partial charge on any atom is 0.339 e. The predicted molar refractivity (Wildman–Crippen MR) is 71.8 cm³/mol. The van der Waals surface area contributed by atoms with E-state index in [1.807, 2.05) is 11.4 Å². The average molecular weight is 262 g/mol. The number of hydrogen-bond donors (Lipinski definition) is 1. The molecule has 0 unspecified atom stereocenters. The minimum Gasteiger partial charge on any atom is -0.462 e. The van der Waals surface area contributed by atoms with Gasteiger partial charge in [0.25, 0.3) is 0 Å². The molecular formula is C13H14N2O2S. The number of rotatable bonds is 5. The van der Waals surface area contributed by atoms with Crippen LogP contribution in [0.5, 0.6) is 0 Å². The first-order chi connectivity index (χ1) is 8.79. The predicted octanol–water partition coefficient (Wildman–Crippen LogP) is 2.93. The molecule has 0 aliphatic rings. The molecule has 2 rings (SSSR count). The number of carbonyl (C=O) groups is 1. The molecule has 0 saturated heterocycles. The van der Waals surface area contributed by atoms with Gasteiger partial charge < -0.3 is 10.1 Å². The molecule has 2 aromatic heterocycles. The van der Waals surface area contributed by atoms with Crippen LogP contribution in [0.1, 0.15) is 22.2 Å². The molecule has 2 heterocycles. The second-order valence-corrected chi connectivity index (χ2v) is 4.62. The highest BCUT2D eigenvalue weighted by atomic mass is 32.1. The number of nitrogens with zero attached hydrogens (tertiary/aromatic N) is 1. The molecule has 4 nitrogen and oxygen atoms in total. The summed E-state index contributed by atoms with van der Waals surface area (Å²) in [6.45, 7) is 2.89. The van der Waals surface area contributed by atoms with Crippen molar-refractivity contribution in [2.45, 2.75) is 13.5 Å². The van der Waals surface area contributed by atoms with Gasteiger partial charge in [0, 0.05) is 11.1 Å². The monoisotopic (exact) mass is 262 g/mol. The molecule has 0 fully saturated rings. The zero-order valence-electron chi connectivity index (χ0n) is 10.1.